The number of amides is 1. The van der Waals surface area contributed by atoms with Crippen LogP contribution in [0.15, 0.2) is 30.3 Å². The van der Waals surface area contributed by atoms with Crippen molar-refractivity contribution < 1.29 is 9.90 Å². The number of aromatic amines is 1. The number of aromatic nitrogens is 2. The van der Waals surface area contributed by atoms with Gasteiger partial charge in [-0.3, -0.25) is 9.89 Å². The lowest BCUT2D eigenvalue weighted by Crippen LogP contribution is -2.45. The van der Waals surface area contributed by atoms with Gasteiger partial charge in [0, 0.05) is 35.3 Å². The Morgan fingerprint density at radius 3 is 2.67 bits per heavy atom. The maximum Gasteiger partial charge on any atom is 0.274 e. The number of benzene rings is 1. The minimum Gasteiger partial charge on any atom is -0.385 e. The normalized spacial score (nSPS) is 20.2. The van der Waals surface area contributed by atoms with Crippen LogP contribution < -0.4 is 0 Å². The zero-order valence-corrected chi connectivity index (χ0v) is 14.1. The molecule has 2 aliphatic rings. The Bertz CT molecular complexity index is 761. The molecular weight excluding hydrogens is 326 g/mol. The second-order valence-electron chi connectivity index (χ2n) is 6.79. The van der Waals surface area contributed by atoms with Crippen molar-refractivity contribution in [1.82, 2.24) is 15.1 Å². The van der Waals surface area contributed by atoms with Crippen LogP contribution >= 0.6 is 11.6 Å². The molecule has 5 nitrogen and oxygen atoms in total. The Morgan fingerprint density at radius 2 is 2.00 bits per heavy atom. The van der Waals surface area contributed by atoms with Gasteiger partial charge in [0.25, 0.3) is 5.91 Å². The molecule has 1 saturated carbocycles. The number of H-pyrrole nitrogens is 1. The molecule has 1 aliphatic carbocycles. The number of carbonyl (C=O) groups is 1. The lowest BCUT2D eigenvalue weighted by Gasteiger charge is -2.38. The predicted octanol–water partition coefficient (Wildman–Crippen LogP) is 3.06. The molecule has 0 atom stereocenters. The topological polar surface area (TPSA) is 69.2 Å². The van der Waals surface area contributed by atoms with Crippen molar-refractivity contribution in [2.24, 2.45) is 0 Å². The maximum absolute atomic E-state index is 12.6. The van der Waals surface area contributed by atoms with Crippen molar-refractivity contribution in [3.8, 4) is 0 Å². The largest absolute Gasteiger partial charge is 0.385 e. The van der Waals surface area contributed by atoms with Crippen LogP contribution in [0.25, 0.3) is 0 Å². The number of piperidine rings is 1. The Hall–Kier alpha value is -1.85. The third-order valence-electron chi connectivity index (χ3n) is 5.09. The molecule has 1 aromatic heterocycles. The van der Waals surface area contributed by atoms with Gasteiger partial charge in [-0.25, -0.2) is 0 Å². The summed E-state index contributed by atoms with van der Waals surface area (Å²) in [5.74, 6) is 0.477. The highest BCUT2D eigenvalue weighted by molar-refractivity contribution is 6.31. The van der Waals surface area contributed by atoms with Gasteiger partial charge in [0.05, 0.1) is 5.60 Å². The van der Waals surface area contributed by atoms with Crippen molar-refractivity contribution in [2.75, 3.05) is 13.1 Å². The molecule has 2 aromatic rings. The molecule has 0 spiro atoms. The number of hydrogen-bond acceptors (Lipinski definition) is 3. The van der Waals surface area contributed by atoms with Crippen LogP contribution in [0.4, 0.5) is 0 Å². The molecule has 2 heterocycles. The zero-order valence-electron chi connectivity index (χ0n) is 13.3. The van der Waals surface area contributed by atoms with E-state index in [-0.39, 0.29) is 5.91 Å². The number of nitrogens with zero attached hydrogens (tertiary/aromatic N) is 2. The summed E-state index contributed by atoms with van der Waals surface area (Å²) in [5, 5.41) is 18.6. The van der Waals surface area contributed by atoms with Crippen molar-refractivity contribution >= 4 is 17.5 Å². The van der Waals surface area contributed by atoms with Gasteiger partial charge in [0.2, 0.25) is 0 Å². The first kappa shape index (κ1) is 15.7. The summed E-state index contributed by atoms with van der Waals surface area (Å²) in [4.78, 5) is 14.4. The molecule has 0 unspecified atom stereocenters. The molecule has 24 heavy (non-hydrogen) atoms. The summed E-state index contributed by atoms with van der Waals surface area (Å²) in [6.45, 7) is 0.984. The van der Waals surface area contributed by atoms with Crippen LogP contribution in [0.3, 0.4) is 0 Å². The van der Waals surface area contributed by atoms with Crippen LogP contribution in [0, 0.1) is 0 Å². The summed E-state index contributed by atoms with van der Waals surface area (Å²) in [5.41, 5.74) is 1.30. The molecule has 6 heteroatoms. The number of likely N-dealkylation sites (tertiary alicyclic amines) is 1. The fraction of sp³-hybridized carbons (Fsp3) is 0.444. The van der Waals surface area contributed by atoms with E-state index in [9.17, 15) is 9.90 Å². The molecule has 126 valence electrons. The minimum atomic E-state index is -0.972. The van der Waals surface area contributed by atoms with Crippen molar-refractivity contribution in [2.45, 2.75) is 37.2 Å². The van der Waals surface area contributed by atoms with Crippen LogP contribution in [0.1, 0.15) is 53.3 Å². The Morgan fingerprint density at radius 1 is 1.29 bits per heavy atom. The van der Waals surface area contributed by atoms with Gasteiger partial charge in [-0.1, -0.05) is 29.8 Å². The fourth-order valence-electron chi connectivity index (χ4n) is 3.40. The second-order valence-corrected chi connectivity index (χ2v) is 7.19. The van der Waals surface area contributed by atoms with Crippen molar-refractivity contribution in [1.29, 1.82) is 0 Å². The van der Waals surface area contributed by atoms with Gasteiger partial charge in [0.15, 0.2) is 0 Å². The van der Waals surface area contributed by atoms with Gasteiger partial charge >= 0.3 is 0 Å². The molecule has 0 radical (unpaired) electrons. The SMILES string of the molecule is O=C(c1cc(C2CC2)[nH]n1)N1CCC(O)(c2ccccc2Cl)CC1. The van der Waals surface area contributed by atoms with E-state index in [0.717, 1.165) is 11.3 Å². The summed E-state index contributed by atoms with van der Waals surface area (Å²) in [6.07, 6.45) is 3.29. The van der Waals surface area contributed by atoms with Crippen LogP contribution in [0.2, 0.25) is 5.02 Å². The van der Waals surface area contributed by atoms with Crippen molar-refractivity contribution in [3.05, 3.63) is 52.3 Å². The molecule has 2 fully saturated rings. The Kier molecular flexibility index (Phi) is 3.85. The van der Waals surface area contributed by atoms with Gasteiger partial charge in [-0.05, 0) is 37.8 Å². The average Bonchev–Trinajstić information content (AvgIpc) is 3.32. The van der Waals surface area contributed by atoms with E-state index in [4.69, 9.17) is 11.6 Å². The van der Waals surface area contributed by atoms with Crippen molar-refractivity contribution in [3.63, 3.8) is 0 Å². The lowest BCUT2D eigenvalue weighted by atomic mass is 9.84. The van der Waals surface area contributed by atoms with E-state index in [1.54, 1.807) is 11.0 Å². The molecule has 1 amide bonds. The second kappa shape index (κ2) is 5.90. The fourth-order valence-corrected chi connectivity index (χ4v) is 3.71. The molecule has 4 rings (SSSR count). The Balaban J connectivity index is 1.45. The third kappa shape index (κ3) is 2.82. The van der Waals surface area contributed by atoms with Gasteiger partial charge < -0.3 is 10.0 Å². The third-order valence-corrected chi connectivity index (χ3v) is 5.42. The first-order chi connectivity index (χ1) is 11.6. The molecule has 1 saturated heterocycles. The van der Waals surface area contributed by atoms with Crippen LogP contribution in [-0.4, -0.2) is 39.2 Å². The number of aliphatic hydroxyl groups is 1. The maximum atomic E-state index is 12.6. The first-order valence-corrected chi connectivity index (χ1v) is 8.76. The minimum absolute atomic E-state index is 0.0700. The van der Waals surface area contributed by atoms with E-state index in [0.29, 0.717) is 42.6 Å². The van der Waals surface area contributed by atoms with E-state index in [2.05, 4.69) is 10.2 Å². The zero-order chi connectivity index (χ0) is 16.7. The predicted molar refractivity (Wildman–Crippen MR) is 91.0 cm³/mol. The summed E-state index contributed by atoms with van der Waals surface area (Å²) in [6, 6.07) is 9.24. The van der Waals surface area contributed by atoms with Gasteiger partial charge in [-0.2, -0.15) is 5.10 Å². The molecular formula is C18H20ClN3O2. The van der Waals surface area contributed by atoms with Crippen LogP contribution in [0.5, 0.6) is 0 Å². The first-order valence-electron chi connectivity index (χ1n) is 8.39. The number of halogens is 1. The number of rotatable bonds is 3. The highest BCUT2D eigenvalue weighted by Crippen LogP contribution is 2.39. The van der Waals surface area contributed by atoms with Gasteiger partial charge in [0.1, 0.15) is 5.69 Å². The van der Waals surface area contributed by atoms with Gasteiger partial charge in [-0.15, -0.1) is 0 Å². The van der Waals surface area contributed by atoms with E-state index in [1.165, 1.54) is 12.8 Å². The number of nitrogens with one attached hydrogen (secondary N) is 1. The summed E-state index contributed by atoms with van der Waals surface area (Å²) < 4.78 is 0. The average molecular weight is 346 g/mol. The Labute approximate surface area is 145 Å². The standard InChI is InChI=1S/C18H20ClN3O2/c19-14-4-2-1-3-13(14)18(24)7-9-22(10-8-18)17(23)16-11-15(20-21-16)12-5-6-12/h1-4,11-12,24H,5-10H2,(H,20,21). The van der Waals surface area contributed by atoms with E-state index < -0.39 is 5.60 Å². The summed E-state index contributed by atoms with van der Waals surface area (Å²) >= 11 is 6.23. The molecule has 1 aliphatic heterocycles. The molecule has 1 aromatic carbocycles. The number of carbonyl (C=O) groups excluding carboxylic acids is 1. The lowest BCUT2D eigenvalue weighted by molar-refractivity contribution is -0.0211. The monoisotopic (exact) mass is 345 g/mol. The summed E-state index contributed by atoms with van der Waals surface area (Å²) in [7, 11) is 0. The smallest absolute Gasteiger partial charge is 0.274 e. The highest BCUT2D eigenvalue weighted by Gasteiger charge is 2.37. The quantitative estimate of drug-likeness (QED) is 0.898. The number of hydrogen-bond donors (Lipinski definition) is 2. The van der Waals surface area contributed by atoms with E-state index in [1.807, 2.05) is 24.3 Å². The highest BCUT2D eigenvalue weighted by atomic mass is 35.5. The molecule has 0 bridgehead atoms. The molecule has 2 N–H and O–H groups in total. The van der Waals surface area contributed by atoms with E-state index >= 15 is 0 Å². The van der Waals surface area contributed by atoms with Crippen LogP contribution in [-0.2, 0) is 5.60 Å².